The predicted octanol–water partition coefficient (Wildman–Crippen LogP) is -0.470. The number of carbonyl (C=O) groups excluding carboxylic acids is 2. The zero-order chi connectivity index (χ0) is 11.6. The van der Waals surface area contributed by atoms with Crippen LogP contribution < -0.4 is 11.3 Å². The van der Waals surface area contributed by atoms with Gasteiger partial charge in [-0.15, -0.1) is 0 Å². The molecule has 0 aliphatic carbocycles. The molecule has 1 heterocycles. The molecule has 0 saturated carbocycles. The standard InChI is InChI=1S/C7H10F3N3O2/c8-7(9,10)6(15)13-3-1-2-4(13)5(14)12-11/h4H,1-3,11H2,(H,12,14). The van der Waals surface area contributed by atoms with E-state index in [9.17, 15) is 22.8 Å². The zero-order valence-corrected chi connectivity index (χ0v) is 7.67. The third-order valence-electron chi connectivity index (χ3n) is 2.20. The minimum atomic E-state index is -4.95. The van der Waals surface area contributed by atoms with E-state index < -0.39 is 24.0 Å². The van der Waals surface area contributed by atoms with Crippen LogP contribution in [0.15, 0.2) is 0 Å². The molecule has 2 amide bonds. The molecule has 5 nitrogen and oxygen atoms in total. The number of hydrazine groups is 1. The van der Waals surface area contributed by atoms with Crippen LogP contribution in [0.4, 0.5) is 13.2 Å². The number of rotatable bonds is 1. The van der Waals surface area contributed by atoms with E-state index in [-0.39, 0.29) is 13.0 Å². The quantitative estimate of drug-likeness (QED) is 0.360. The number of alkyl halides is 3. The summed E-state index contributed by atoms with van der Waals surface area (Å²) in [5.41, 5.74) is 1.74. The summed E-state index contributed by atoms with van der Waals surface area (Å²) >= 11 is 0. The Bertz CT molecular complexity index is 279. The number of carbonyl (C=O) groups is 2. The van der Waals surface area contributed by atoms with E-state index >= 15 is 0 Å². The van der Waals surface area contributed by atoms with E-state index in [0.717, 1.165) is 0 Å². The molecule has 1 rings (SSSR count). The second-order valence-corrected chi connectivity index (χ2v) is 3.16. The van der Waals surface area contributed by atoms with Gasteiger partial charge < -0.3 is 4.90 Å². The Balaban J connectivity index is 2.77. The van der Waals surface area contributed by atoms with Crippen molar-refractivity contribution >= 4 is 11.8 Å². The SMILES string of the molecule is NNC(=O)C1CCCN1C(=O)C(F)(F)F. The number of amides is 2. The van der Waals surface area contributed by atoms with Gasteiger partial charge >= 0.3 is 12.1 Å². The Morgan fingerprint density at radius 1 is 1.40 bits per heavy atom. The fourth-order valence-electron chi connectivity index (χ4n) is 1.54. The highest BCUT2D eigenvalue weighted by Crippen LogP contribution is 2.25. The monoisotopic (exact) mass is 225 g/mol. The van der Waals surface area contributed by atoms with Crippen molar-refractivity contribution in [1.29, 1.82) is 0 Å². The van der Waals surface area contributed by atoms with Crippen molar-refractivity contribution < 1.29 is 22.8 Å². The van der Waals surface area contributed by atoms with Crippen molar-refractivity contribution in [3.63, 3.8) is 0 Å². The topological polar surface area (TPSA) is 75.4 Å². The van der Waals surface area contributed by atoms with E-state index in [1.54, 1.807) is 5.43 Å². The lowest BCUT2D eigenvalue weighted by molar-refractivity contribution is -0.186. The van der Waals surface area contributed by atoms with Crippen molar-refractivity contribution in [3.05, 3.63) is 0 Å². The largest absolute Gasteiger partial charge is 0.471 e. The number of hydrogen-bond acceptors (Lipinski definition) is 3. The van der Waals surface area contributed by atoms with Gasteiger partial charge in [0.15, 0.2) is 0 Å². The Morgan fingerprint density at radius 3 is 2.47 bits per heavy atom. The van der Waals surface area contributed by atoms with Gasteiger partial charge in [-0.05, 0) is 12.8 Å². The van der Waals surface area contributed by atoms with Gasteiger partial charge in [0.25, 0.3) is 5.91 Å². The fraction of sp³-hybridized carbons (Fsp3) is 0.714. The van der Waals surface area contributed by atoms with E-state index in [1.807, 2.05) is 0 Å². The first kappa shape index (κ1) is 11.8. The highest BCUT2D eigenvalue weighted by molar-refractivity contribution is 5.90. The van der Waals surface area contributed by atoms with Gasteiger partial charge in [0.1, 0.15) is 6.04 Å². The molecule has 1 aliphatic rings. The molecule has 0 aromatic carbocycles. The van der Waals surface area contributed by atoms with Gasteiger partial charge in [0.05, 0.1) is 0 Å². The number of nitrogens with one attached hydrogen (secondary N) is 1. The number of halogens is 3. The summed E-state index contributed by atoms with van der Waals surface area (Å²) in [6.45, 7) is -0.0730. The minimum absolute atomic E-state index is 0.0730. The lowest BCUT2D eigenvalue weighted by Gasteiger charge is -2.23. The number of nitrogens with two attached hydrogens (primary N) is 1. The van der Waals surface area contributed by atoms with Crippen LogP contribution in [0.25, 0.3) is 0 Å². The van der Waals surface area contributed by atoms with Gasteiger partial charge in [-0.2, -0.15) is 13.2 Å². The van der Waals surface area contributed by atoms with Crippen LogP contribution in [0, 0.1) is 0 Å². The van der Waals surface area contributed by atoms with Gasteiger partial charge in [0.2, 0.25) is 0 Å². The van der Waals surface area contributed by atoms with E-state index in [2.05, 4.69) is 0 Å². The zero-order valence-electron chi connectivity index (χ0n) is 7.67. The van der Waals surface area contributed by atoms with Crippen LogP contribution >= 0.6 is 0 Å². The van der Waals surface area contributed by atoms with Crippen molar-refractivity contribution in [2.45, 2.75) is 25.1 Å². The third kappa shape index (κ3) is 2.38. The molecule has 86 valence electrons. The van der Waals surface area contributed by atoms with Gasteiger partial charge in [-0.25, -0.2) is 5.84 Å². The van der Waals surface area contributed by atoms with Gasteiger partial charge in [-0.1, -0.05) is 0 Å². The molecule has 0 aromatic heterocycles. The summed E-state index contributed by atoms with van der Waals surface area (Å²) in [4.78, 5) is 22.4. The van der Waals surface area contributed by atoms with Crippen LogP contribution in [0.1, 0.15) is 12.8 Å². The van der Waals surface area contributed by atoms with Crippen LogP contribution in [-0.4, -0.2) is 35.5 Å². The summed E-state index contributed by atoms with van der Waals surface area (Å²) in [6, 6.07) is -1.11. The molecule has 1 fully saturated rings. The molecule has 0 spiro atoms. The molecule has 0 aromatic rings. The Kier molecular flexibility index (Phi) is 3.18. The molecule has 1 unspecified atom stereocenters. The Morgan fingerprint density at radius 2 is 2.00 bits per heavy atom. The third-order valence-corrected chi connectivity index (χ3v) is 2.20. The molecular formula is C7H10F3N3O2. The normalized spacial score (nSPS) is 21.6. The van der Waals surface area contributed by atoms with Gasteiger partial charge in [0, 0.05) is 6.54 Å². The molecule has 1 saturated heterocycles. The van der Waals surface area contributed by atoms with E-state index in [1.165, 1.54) is 0 Å². The molecule has 3 N–H and O–H groups in total. The maximum absolute atomic E-state index is 12.1. The second kappa shape index (κ2) is 4.05. The average Bonchev–Trinajstić information content (AvgIpc) is 2.62. The van der Waals surface area contributed by atoms with Gasteiger partial charge in [-0.3, -0.25) is 15.0 Å². The maximum Gasteiger partial charge on any atom is 0.471 e. The summed E-state index contributed by atoms with van der Waals surface area (Å²) in [5, 5.41) is 0. The van der Waals surface area contributed by atoms with Crippen LogP contribution in [0.5, 0.6) is 0 Å². The first-order valence-corrected chi connectivity index (χ1v) is 4.26. The van der Waals surface area contributed by atoms with E-state index in [0.29, 0.717) is 11.3 Å². The van der Waals surface area contributed by atoms with Crippen molar-refractivity contribution in [2.75, 3.05) is 6.54 Å². The molecular weight excluding hydrogens is 215 g/mol. The fourth-order valence-corrected chi connectivity index (χ4v) is 1.54. The summed E-state index contributed by atoms with van der Waals surface area (Å²) in [6.07, 6.45) is -4.39. The molecule has 0 bridgehead atoms. The van der Waals surface area contributed by atoms with Crippen molar-refractivity contribution in [1.82, 2.24) is 10.3 Å². The molecule has 15 heavy (non-hydrogen) atoms. The van der Waals surface area contributed by atoms with Crippen LogP contribution in [0.2, 0.25) is 0 Å². The molecule has 0 radical (unpaired) electrons. The minimum Gasteiger partial charge on any atom is -0.323 e. The highest BCUT2D eigenvalue weighted by atomic mass is 19.4. The number of likely N-dealkylation sites (tertiary alicyclic amines) is 1. The van der Waals surface area contributed by atoms with Crippen LogP contribution in [0.3, 0.4) is 0 Å². The Labute approximate surface area is 83.4 Å². The van der Waals surface area contributed by atoms with Crippen LogP contribution in [-0.2, 0) is 9.59 Å². The van der Waals surface area contributed by atoms with Crippen molar-refractivity contribution in [3.8, 4) is 0 Å². The summed E-state index contributed by atoms with van der Waals surface area (Å²) < 4.78 is 36.3. The first-order valence-electron chi connectivity index (χ1n) is 4.26. The number of hydrogen-bond donors (Lipinski definition) is 2. The van der Waals surface area contributed by atoms with Crippen molar-refractivity contribution in [2.24, 2.45) is 5.84 Å². The first-order chi connectivity index (χ1) is 6.88. The lowest BCUT2D eigenvalue weighted by atomic mass is 10.2. The molecule has 1 atom stereocenters. The predicted molar refractivity (Wildman–Crippen MR) is 43.1 cm³/mol. The Hall–Kier alpha value is -1.31. The smallest absolute Gasteiger partial charge is 0.323 e. The second-order valence-electron chi connectivity index (χ2n) is 3.16. The molecule has 1 aliphatic heterocycles. The number of nitrogens with zero attached hydrogens (tertiary/aromatic N) is 1. The summed E-state index contributed by atoms with van der Waals surface area (Å²) in [5.74, 6) is 2.04. The summed E-state index contributed by atoms with van der Waals surface area (Å²) in [7, 11) is 0. The average molecular weight is 225 g/mol. The maximum atomic E-state index is 12.1. The molecule has 8 heteroatoms. The highest BCUT2D eigenvalue weighted by Gasteiger charge is 2.47. The van der Waals surface area contributed by atoms with E-state index in [4.69, 9.17) is 5.84 Å². The lowest BCUT2D eigenvalue weighted by Crippen LogP contribution is -2.51.